The van der Waals surface area contributed by atoms with Gasteiger partial charge in [-0.3, -0.25) is 0 Å². The summed E-state index contributed by atoms with van der Waals surface area (Å²) in [6.07, 6.45) is -0.785. The molecule has 0 saturated carbocycles. The molecule has 9 nitrogen and oxygen atoms in total. The Morgan fingerprint density at radius 3 is 1.88 bits per heavy atom. The maximum Gasteiger partial charge on any atom is 0.573 e. The van der Waals surface area contributed by atoms with Crippen molar-refractivity contribution in [3.63, 3.8) is 0 Å². The van der Waals surface area contributed by atoms with Gasteiger partial charge in [0.25, 0.3) is 0 Å². The molecule has 2 N–H and O–H groups in total. The van der Waals surface area contributed by atoms with E-state index in [9.17, 15) is 23.1 Å². The monoisotopic (exact) mass is 660 g/mol. The third kappa shape index (κ3) is 5.95. The van der Waals surface area contributed by atoms with Crippen molar-refractivity contribution in [2.24, 2.45) is 0 Å². The lowest BCUT2D eigenvalue weighted by atomic mass is 9.77. The van der Waals surface area contributed by atoms with Crippen LogP contribution in [0.1, 0.15) is 22.4 Å². The Morgan fingerprint density at radius 2 is 1.35 bits per heavy atom. The minimum atomic E-state index is -4.84. The second kappa shape index (κ2) is 12.6. The summed E-state index contributed by atoms with van der Waals surface area (Å²) in [4.78, 5) is 21.0. The van der Waals surface area contributed by atoms with E-state index in [4.69, 9.17) is 4.98 Å². The highest BCUT2D eigenvalue weighted by molar-refractivity contribution is 5.94. The minimum absolute atomic E-state index is 0.157. The van der Waals surface area contributed by atoms with Crippen LogP contribution in [-0.2, 0) is 12.1 Å². The van der Waals surface area contributed by atoms with Crippen molar-refractivity contribution < 1.29 is 27.8 Å². The largest absolute Gasteiger partial charge is 0.573 e. The van der Waals surface area contributed by atoms with Gasteiger partial charge < -0.3 is 19.7 Å². The summed E-state index contributed by atoms with van der Waals surface area (Å²) in [5, 5.41) is 17.0. The first-order valence-corrected chi connectivity index (χ1v) is 15.1. The molecule has 0 fully saturated rings. The van der Waals surface area contributed by atoms with E-state index in [0.717, 1.165) is 16.7 Å². The van der Waals surface area contributed by atoms with Gasteiger partial charge in [0.1, 0.15) is 11.3 Å². The molecule has 12 heteroatoms. The van der Waals surface area contributed by atoms with Gasteiger partial charge in [-0.2, -0.15) is 5.10 Å². The molecule has 0 spiro atoms. The van der Waals surface area contributed by atoms with E-state index in [1.807, 2.05) is 60.8 Å². The summed E-state index contributed by atoms with van der Waals surface area (Å²) in [6.45, 7) is -0.157. The number of nitrogens with one attached hydrogen (secondary N) is 1. The van der Waals surface area contributed by atoms with Crippen LogP contribution in [0.5, 0.6) is 5.75 Å². The molecule has 0 radical (unpaired) electrons. The number of aromatic nitrogens is 5. The van der Waals surface area contributed by atoms with Crippen LogP contribution in [0, 0.1) is 0 Å². The van der Waals surface area contributed by atoms with Crippen LogP contribution in [0.2, 0.25) is 0 Å². The van der Waals surface area contributed by atoms with Gasteiger partial charge in [-0.05, 0) is 47.0 Å². The molecule has 3 heterocycles. The molecule has 7 aromatic rings. The zero-order valence-electron chi connectivity index (χ0n) is 25.6. The fourth-order valence-corrected chi connectivity index (χ4v) is 6.21. The van der Waals surface area contributed by atoms with Crippen molar-refractivity contribution in [1.82, 2.24) is 29.6 Å². The van der Waals surface area contributed by atoms with Crippen LogP contribution in [0.15, 0.2) is 140 Å². The third-order valence-electron chi connectivity index (χ3n) is 8.18. The van der Waals surface area contributed by atoms with Gasteiger partial charge in [0, 0.05) is 18.0 Å². The minimum Gasteiger partial charge on any atom is -0.465 e. The number of fused-ring (bicyclic) bond motifs is 1. The molecule has 0 aliphatic heterocycles. The molecule has 4 aromatic carbocycles. The molecule has 0 atom stereocenters. The highest BCUT2D eigenvalue weighted by Crippen LogP contribution is 2.42. The number of carbonyl (C=O) groups is 1. The number of halogens is 3. The van der Waals surface area contributed by atoms with Gasteiger partial charge in [-0.15, -0.1) is 13.2 Å². The van der Waals surface area contributed by atoms with Gasteiger partial charge >= 0.3 is 12.5 Å². The lowest BCUT2D eigenvalue weighted by Crippen LogP contribution is -2.36. The number of rotatable bonds is 9. The Labute approximate surface area is 277 Å². The highest BCUT2D eigenvalue weighted by Gasteiger charge is 2.38. The standard InChI is InChI=1S/C37H27F3N6O3/c38-37(39,40)49-29-18-16-28(17-19-29)46-34-33(31(44-46)22-42-35(47)48)30(20-21-41-34)32-23-45(24-43-32)36(25-10-4-1-5-11-25,26-12-6-2-7-13-26)27-14-8-3-9-15-27/h1-21,23-24,42H,22H2,(H,47,48). The van der Waals surface area contributed by atoms with Crippen LogP contribution in [0.4, 0.5) is 18.0 Å². The van der Waals surface area contributed by atoms with Crippen LogP contribution >= 0.6 is 0 Å². The summed E-state index contributed by atoms with van der Waals surface area (Å²) >= 11 is 0. The Morgan fingerprint density at radius 1 is 0.776 bits per heavy atom. The van der Waals surface area contributed by atoms with Crippen LogP contribution in [0.3, 0.4) is 0 Å². The average molecular weight is 661 g/mol. The van der Waals surface area contributed by atoms with Crippen molar-refractivity contribution in [3.8, 4) is 22.7 Å². The number of carboxylic acid groups (broad SMARTS) is 1. The van der Waals surface area contributed by atoms with Crippen LogP contribution in [0.25, 0.3) is 28.0 Å². The molecule has 0 aliphatic rings. The fraction of sp³-hybridized carbons (Fsp3) is 0.0811. The van der Waals surface area contributed by atoms with Crippen molar-refractivity contribution in [2.45, 2.75) is 18.4 Å². The number of amides is 1. The molecule has 244 valence electrons. The van der Waals surface area contributed by atoms with Gasteiger partial charge in [-0.25, -0.2) is 19.4 Å². The van der Waals surface area contributed by atoms with Crippen LogP contribution < -0.4 is 10.1 Å². The summed E-state index contributed by atoms with van der Waals surface area (Å²) in [6, 6.07) is 37.3. The number of ether oxygens (including phenoxy) is 1. The molecule has 0 unspecified atom stereocenters. The highest BCUT2D eigenvalue weighted by atomic mass is 19.4. The van der Waals surface area contributed by atoms with E-state index < -0.39 is 23.7 Å². The number of benzene rings is 4. The first-order valence-electron chi connectivity index (χ1n) is 15.1. The van der Waals surface area contributed by atoms with E-state index in [2.05, 4.69) is 61.1 Å². The maximum atomic E-state index is 12.8. The SMILES string of the molecule is O=C(O)NCc1nn(-c2ccc(OC(F)(F)F)cc2)c2nccc(-c3cn(C(c4ccccc4)(c4ccccc4)c4ccccc4)cn3)c12. The predicted molar refractivity (Wildman–Crippen MR) is 176 cm³/mol. The molecule has 0 bridgehead atoms. The summed E-state index contributed by atoms with van der Waals surface area (Å²) in [5.41, 5.74) is 4.52. The quantitative estimate of drug-likeness (QED) is 0.153. The second-order valence-electron chi connectivity index (χ2n) is 11.1. The summed E-state index contributed by atoms with van der Waals surface area (Å²) < 4.78 is 45.9. The average Bonchev–Trinajstić information content (AvgIpc) is 3.75. The number of hydrogen-bond acceptors (Lipinski definition) is 5. The maximum absolute atomic E-state index is 12.8. The zero-order valence-corrected chi connectivity index (χ0v) is 25.6. The third-order valence-corrected chi connectivity index (χ3v) is 8.18. The summed E-state index contributed by atoms with van der Waals surface area (Å²) in [7, 11) is 0. The number of pyridine rings is 1. The van der Waals surface area contributed by atoms with Crippen LogP contribution in [-0.4, -0.2) is 41.9 Å². The molecule has 0 saturated heterocycles. The Kier molecular flexibility index (Phi) is 8.04. The van der Waals surface area contributed by atoms with E-state index in [1.165, 1.54) is 28.9 Å². The van der Waals surface area contributed by atoms with E-state index >= 15 is 0 Å². The van der Waals surface area contributed by atoms with E-state index in [1.54, 1.807) is 18.6 Å². The fourth-order valence-electron chi connectivity index (χ4n) is 6.21. The van der Waals surface area contributed by atoms with Gasteiger partial charge in [0.05, 0.1) is 35.3 Å². The topological polar surface area (TPSA) is 107 Å². The van der Waals surface area contributed by atoms with E-state index in [-0.39, 0.29) is 6.54 Å². The lowest BCUT2D eigenvalue weighted by molar-refractivity contribution is -0.274. The van der Waals surface area contributed by atoms with E-state index in [0.29, 0.717) is 33.7 Å². The number of hydrogen-bond donors (Lipinski definition) is 2. The first-order chi connectivity index (χ1) is 23.7. The zero-order chi connectivity index (χ0) is 34.0. The molecule has 0 aliphatic carbocycles. The molecule has 1 amide bonds. The molecule has 7 rings (SSSR count). The number of nitrogens with zero attached hydrogens (tertiary/aromatic N) is 5. The second-order valence-corrected chi connectivity index (χ2v) is 11.1. The summed E-state index contributed by atoms with van der Waals surface area (Å²) in [5.74, 6) is -0.390. The molecular formula is C37H27F3N6O3. The first kappa shape index (κ1) is 31.2. The van der Waals surface area contributed by atoms with Crippen molar-refractivity contribution in [1.29, 1.82) is 0 Å². The Bertz CT molecular complexity index is 2120. The Balaban J connectivity index is 1.41. The van der Waals surface area contributed by atoms with Gasteiger partial charge in [-0.1, -0.05) is 91.0 Å². The lowest BCUT2D eigenvalue weighted by Gasteiger charge is -2.37. The van der Waals surface area contributed by atoms with Crippen molar-refractivity contribution >= 4 is 17.1 Å². The molecule has 3 aromatic heterocycles. The smallest absolute Gasteiger partial charge is 0.465 e. The van der Waals surface area contributed by atoms with Gasteiger partial charge in [0.15, 0.2) is 5.65 Å². The van der Waals surface area contributed by atoms with Gasteiger partial charge in [0.2, 0.25) is 0 Å². The number of imidazole rings is 1. The predicted octanol–water partition coefficient (Wildman–Crippen LogP) is 7.79. The molecule has 49 heavy (non-hydrogen) atoms. The number of alkyl halides is 3. The molecular weight excluding hydrogens is 633 g/mol. The Hall–Kier alpha value is -6.43. The normalized spacial score (nSPS) is 11.8. The van der Waals surface area contributed by atoms with Crippen molar-refractivity contribution in [3.05, 3.63) is 162 Å². The van der Waals surface area contributed by atoms with Crippen molar-refractivity contribution in [2.75, 3.05) is 0 Å².